The quantitative estimate of drug-likeness (QED) is 0.590. The lowest BCUT2D eigenvalue weighted by Gasteiger charge is -2.15. The Morgan fingerprint density at radius 3 is 3.00 bits per heavy atom. The number of hydrogen-bond donors (Lipinski definition) is 0. The molecule has 3 rings (SSSR count). The maximum Gasteiger partial charge on any atom is -0.00168 e. The van der Waals surface area contributed by atoms with Crippen molar-refractivity contribution in [3.63, 3.8) is 0 Å². The van der Waals surface area contributed by atoms with Crippen LogP contribution in [-0.4, -0.2) is 0 Å². The van der Waals surface area contributed by atoms with Crippen molar-refractivity contribution in [1.82, 2.24) is 0 Å². The molecule has 0 aliphatic heterocycles. The van der Waals surface area contributed by atoms with Gasteiger partial charge >= 0.3 is 0 Å². The molecule has 2 aliphatic carbocycles. The van der Waals surface area contributed by atoms with Gasteiger partial charge in [0.25, 0.3) is 0 Å². The topological polar surface area (TPSA) is 0 Å². The highest BCUT2D eigenvalue weighted by Gasteiger charge is 2.23. The summed E-state index contributed by atoms with van der Waals surface area (Å²) >= 11 is 0. The van der Waals surface area contributed by atoms with E-state index in [-0.39, 0.29) is 0 Å². The van der Waals surface area contributed by atoms with Crippen molar-refractivity contribution in [2.45, 2.75) is 26.7 Å². The minimum Gasteiger partial charge on any atom is -0.0811 e. The minimum absolute atomic E-state index is 0.705. The molecule has 0 spiro atoms. The summed E-state index contributed by atoms with van der Waals surface area (Å²) in [5.74, 6) is 0.705. The molecule has 0 heteroatoms. The Morgan fingerprint density at radius 2 is 2.13 bits per heavy atom. The van der Waals surface area contributed by atoms with Crippen LogP contribution >= 0.6 is 0 Å². The van der Waals surface area contributed by atoms with E-state index in [2.05, 4.69) is 44.2 Å². The summed E-state index contributed by atoms with van der Waals surface area (Å²) in [5.41, 5.74) is 7.56. The summed E-state index contributed by atoms with van der Waals surface area (Å²) in [5, 5.41) is 0. The third kappa shape index (κ3) is 1.36. The van der Waals surface area contributed by atoms with E-state index < -0.39 is 0 Å². The van der Waals surface area contributed by atoms with Crippen molar-refractivity contribution < 1.29 is 0 Å². The molecule has 76 valence electrons. The smallest absolute Gasteiger partial charge is 0.00168 e. The molecule has 0 bridgehead atoms. The van der Waals surface area contributed by atoms with Crippen LogP contribution in [0.15, 0.2) is 35.9 Å². The highest BCUT2D eigenvalue weighted by molar-refractivity contribution is 5.79. The fraction of sp³-hybridized carbons (Fsp3) is 0.333. The molecule has 0 N–H and O–H groups in total. The summed E-state index contributed by atoms with van der Waals surface area (Å²) in [7, 11) is 0. The molecule has 0 saturated carbocycles. The Morgan fingerprint density at radius 1 is 1.27 bits per heavy atom. The average molecular weight is 196 g/mol. The van der Waals surface area contributed by atoms with E-state index >= 15 is 0 Å². The van der Waals surface area contributed by atoms with Gasteiger partial charge < -0.3 is 0 Å². The maximum absolute atomic E-state index is 2.34. The monoisotopic (exact) mass is 196 g/mol. The molecule has 0 amide bonds. The highest BCUT2D eigenvalue weighted by Crippen LogP contribution is 2.40. The molecular weight excluding hydrogens is 180 g/mol. The zero-order chi connectivity index (χ0) is 10.4. The average Bonchev–Trinajstić information content (AvgIpc) is 2.54. The van der Waals surface area contributed by atoms with Crippen molar-refractivity contribution in [3.05, 3.63) is 52.6 Å². The van der Waals surface area contributed by atoms with Gasteiger partial charge in [0, 0.05) is 0 Å². The van der Waals surface area contributed by atoms with E-state index in [4.69, 9.17) is 0 Å². The van der Waals surface area contributed by atoms with Gasteiger partial charge in [0.15, 0.2) is 0 Å². The zero-order valence-corrected chi connectivity index (χ0v) is 9.38. The number of rotatable bonds is 0. The van der Waals surface area contributed by atoms with Crippen molar-refractivity contribution in [2.24, 2.45) is 5.92 Å². The highest BCUT2D eigenvalue weighted by atomic mass is 14.3. The van der Waals surface area contributed by atoms with Crippen LogP contribution in [0.25, 0.3) is 5.57 Å². The first kappa shape index (κ1) is 8.96. The van der Waals surface area contributed by atoms with Crippen LogP contribution in [-0.2, 0) is 6.42 Å². The molecule has 1 unspecified atom stereocenters. The SMILES string of the molecule is Cc1ccc2c(c1)CC1=C2CC(C)C=C1. The molecule has 0 heterocycles. The van der Waals surface area contributed by atoms with E-state index in [9.17, 15) is 0 Å². The lowest BCUT2D eigenvalue weighted by molar-refractivity contribution is 0.745. The molecule has 1 atom stereocenters. The number of aryl methyl sites for hydroxylation is 1. The largest absolute Gasteiger partial charge is 0.0811 e. The molecule has 0 aromatic heterocycles. The van der Waals surface area contributed by atoms with E-state index in [0.29, 0.717) is 5.92 Å². The Balaban J connectivity index is 2.10. The second kappa shape index (κ2) is 3.10. The van der Waals surface area contributed by atoms with E-state index in [1.807, 2.05) is 0 Å². The first-order chi connectivity index (χ1) is 7.24. The molecule has 15 heavy (non-hydrogen) atoms. The zero-order valence-electron chi connectivity index (χ0n) is 9.38. The number of hydrogen-bond acceptors (Lipinski definition) is 0. The molecular formula is C15H16. The van der Waals surface area contributed by atoms with Crippen molar-refractivity contribution >= 4 is 5.57 Å². The first-order valence-electron chi connectivity index (χ1n) is 5.74. The first-order valence-corrected chi connectivity index (χ1v) is 5.74. The van der Waals surface area contributed by atoms with Gasteiger partial charge in [-0.15, -0.1) is 0 Å². The number of allylic oxidation sites excluding steroid dienone is 4. The third-order valence-electron chi connectivity index (χ3n) is 3.51. The number of benzene rings is 1. The molecule has 0 radical (unpaired) electrons. The van der Waals surface area contributed by atoms with Crippen LogP contribution in [0.4, 0.5) is 0 Å². The standard InChI is InChI=1S/C15H16/c1-10-4-6-14-13(7-10)9-12-5-3-11(2)8-15(12)14/h3-7,11H,8-9H2,1-2H3. The Labute approximate surface area is 91.3 Å². The van der Waals surface area contributed by atoms with E-state index in [1.165, 1.54) is 23.1 Å². The molecule has 0 fully saturated rings. The predicted octanol–water partition coefficient (Wildman–Crippen LogP) is 3.90. The van der Waals surface area contributed by atoms with Gasteiger partial charge in [-0.05, 0) is 48.0 Å². The van der Waals surface area contributed by atoms with Crippen LogP contribution in [0.5, 0.6) is 0 Å². The van der Waals surface area contributed by atoms with E-state index in [1.54, 1.807) is 11.1 Å². The van der Waals surface area contributed by atoms with Gasteiger partial charge in [-0.3, -0.25) is 0 Å². The van der Waals surface area contributed by atoms with Crippen LogP contribution in [0.3, 0.4) is 0 Å². The summed E-state index contributed by atoms with van der Waals surface area (Å²) < 4.78 is 0. The molecule has 1 aromatic rings. The summed E-state index contributed by atoms with van der Waals surface area (Å²) in [6.45, 7) is 4.47. The Hall–Kier alpha value is -1.30. The van der Waals surface area contributed by atoms with Crippen molar-refractivity contribution in [3.8, 4) is 0 Å². The van der Waals surface area contributed by atoms with Crippen LogP contribution in [0.1, 0.15) is 30.0 Å². The van der Waals surface area contributed by atoms with Crippen molar-refractivity contribution in [1.29, 1.82) is 0 Å². The van der Waals surface area contributed by atoms with Crippen molar-refractivity contribution in [2.75, 3.05) is 0 Å². The van der Waals surface area contributed by atoms with Crippen LogP contribution < -0.4 is 0 Å². The lowest BCUT2D eigenvalue weighted by Crippen LogP contribution is -1.97. The van der Waals surface area contributed by atoms with Gasteiger partial charge in [-0.2, -0.15) is 0 Å². The fourth-order valence-electron chi connectivity index (χ4n) is 2.72. The van der Waals surface area contributed by atoms with Crippen LogP contribution in [0.2, 0.25) is 0 Å². The van der Waals surface area contributed by atoms with E-state index in [0.717, 1.165) is 6.42 Å². The second-order valence-corrected chi connectivity index (χ2v) is 4.88. The van der Waals surface area contributed by atoms with Crippen LogP contribution in [0, 0.1) is 12.8 Å². The maximum atomic E-state index is 2.34. The normalized spacial score (nSPS) is 22.9. The molecule has 0 saturated heterocycles. The fourth-order valence-corrected chi connectivity index (χ4v) is 2.72. The van der Waals surface area contributed by atoms with Gasteiger partial charge in [0.1, 0.15) is 0 Å². The molecule has 0 nitrogen and oxygen atoms in total. The van der Waals surface area contributed by atoms with Gasteiger partial charge in [-0.25, -0.2) is 0 Å². The summed E-state index contributed by atoms with van der Waals surface area (Å²) in [6, 6.07) is 6.88. The summed E-state index contributed by atoms with van der Waals surface area (Å²) in [4.78, 5) is 0. The molecule has 2 aliphatic rings. The molecule has 1 aromatic carbocycles. The Kier molecular flexibility index (Phi) is 1.85. The summed E-state index contributed by atoms with van der Waals surface area (Å²) in [6.07, 6.45) is 7.05. The Bertz CT molecular complexity index is 475. The second-order valence-electron chi connectivity index (χ2n) is 4.88. The minimum atomic E-state index is 0.705. The van der Waals surface area contributed by atoms with Gasteiger partial charge in [0.05, 0.1) is 0 Å². The number of fused-ring (bicyclic) bond motifs is 2. The lowest BCUT2D eigenvalue weighted by atomic mass is 9.90. The third-order valence-corrected chi connectivity index (χ3v) is 3.51. The predicted molar refractivity (Wildman–Crippen MR) is 64.7 cm³/mol. The van der Waals surface area contributed by atoms with Gasteiger partial charge in [0.2, 0.25) is 0 Å². The van der Waals surface area contributed by atoms with Gasteiger partial charge in [-0.1, -0.05) is 42.8 Å².